The molecule has 0 bridgehead atoms. The number of non-ortho nitro benzene ring substituents is 1. The average Bonchev–Trinajstić information content (AvgIpc) is 3.48. The number of hydrogen-bond donors (Lipinski definition) is 0. The predicted molar refractivity (Wildman–Crippen MR) is 161 cm³/mol. The van der Waals surface area contributed by atoms with Crippen molar-refractivity contribution in [3.05, 3.63) is 123 Å². The molecule has 0 radical (unpaired) electrons. The Labute approximate surface area is 244 Å². The van der Waals surface area contributed by atoms with Crippen LogP contribution in [-0.2, 0) is 6.61 Å². The number of furan rings is 1. The quantitative estimate of drug-likeness (QED) is 0.113. The average molecular weight is 577 g/mol. The van der Waals surface area contributed by atoms with Gasteiger partial charge in [0.25, 0.3) is 11.2 Å². The van der Waals surface area contributed by atoms with Gasteiger partial charge in [-0.2, -0.15) is 9.78 Å². The Balaban J connectivity index is 1.43. The lowest BCUT2D eigenvalue weighted by molar-refractivity contribution is -0.384. The standard InChI is InChI=1S/C32H24N4O7/c1-40-26-10-6-11-27-24(26)17-29(43-27)31-34-25-9-4-3-8-23(25)32(37)35(31)33-18-21-7-5-12-28(41-2)30(21)42-19-20-13-15-22(16-14-20)36(38)39/h3-18H,19H2,1-2H3. The molecule has 11 heteroatoms. The van der Waals surface area contributed by atoms with Gasteiger partial charge in [-0.3, -0.25) is 14.9 Å². The van der Waals surface area contributed by atoms with Crippen LogP contribution in [0.4, 0.5) is 5.69 Å². The van der Waals surface area contributed by atoms with Crippen molar-refractivity contribution in [3.63, 3.8) is 0 Å². The topological polar surface area (TPSA) is 131 Å². The van der Waals surface area contributed by atoms with Gasteiger partial charge in [0.2, 0.25) is 5.82 Å². The Morgan fingerprint density at radius 1 is 0.930 bits per heavy atom. The summed E-state index contributed by atoms with van der Waals surface area (Å²) in [6.07, 6.45) is 1.48. The van der Waals surface area contributed by atoms with Gasteiger partial charge in [0.05, 0.1) is 41.6 Å². The first kappa shape index (κ1) is 27.2. The van der Waals surface area contributed by atoms with Crippen molar-refractivity contribution in [3.8, 4) is 28.8 Å². The maximum Gasteiger partial charge on any atom is 0.282 e. The fourth-order valence-corrected chi connectivity index (χ4v) is 4.65. The molecule has 0 aliphatic heterocycles. The second-order valence-electron chi connectivity index (χ2n) is 9.39. The molecule has 0 saturated carbocycles. The number of nitro groups is 1. The number of aromatic nitrogens is 2. The largest absolute Gasteiger partial charge is 0.496 e. The molecule has 11 nitrogen and oxygen atoms in total. The third-order valence-corrected chi connectivity index (χ3v) is 6.79. The van der Waals surface area contributed by atoms with Crippen LogP contribution in [-0.4, -0.2) is 35.0 Å². The van der Waals surface area contributed by atoms with Crippen LogP contribution in [0.25, 0.3) is 33.5 Å². The van der Waals surface area contributed by atoms with Gasteiger partial charge in [-0.1, -0.05) is 24.3 Å². The lowest BCUT2D eigenvalue weighted by atomic mass is 10.2. The van der Waals surface area contributed by atoms with Gasteiger partial charge >= 0.3 is 0 Å². The number of methoxy groups -OCH3 is 2. The highest BCUT2D eigenvalue weighted by atomic mass is 16.6. The van der Waals surface area contributed by atoms with Crippen molar-refractivity contribution in [2.24, 2.45) is 5.10 Å². The van der Waals surface area contributed by atoms with Gasteiger partial charge in [-0.05, 0) is 60.2 Å². The van der Waals surface area contributed by atoms with Crippen LogP contribution in [0.15, 0.2) is 105 Å². The maximum absolute atomic E-state index is 13.7. The SMILES string of the molecule is COc1cccc(C=Nn2c(-c3cc4c(OC)cccc4o3)nc3ccccc3c2=O)c1OCc1ccc([N+](=O)[O-])cc1. The summed E-state index contributed by atoms with van der Waals surface area (Å²) >= 11 is 0. The number of para-hydroxylation sites is 2. The van der Waals surface area contributed by atoms with E-state index in [2.05, 4.69) is 5.10 Å². The van der Waals surface area contributed by atoms with Crippen LogP contribution < -0.4 is 19.8 Å². The van der Waals surface area contributed by atoms with E-state index in [1.807, 2.05) is 12.1 Å². The summed E-state index contributed by atoms with van der Waals surface area (Å²) in [6.45, 7) is 0.114. The Hall–Kier alpha value is -5.97. The van der Waals surface area contributed by atoms with E-state index < -0.39 is 4.92 Å². The molecule has 0 atom stereocenters. The van der Waals surface area contributed by atoms with E-state index in [9.17, 15) is 14.9 Å². The fraction of sp³-hybridized carbons (Fsp3) is 0.0938. The number of nitrogens with zero attached hydrogens (tertiary/aromatic N) is 4. The maximum atomic E-state index is 13.7. The van der Waals surface area contributed by atoms with E-state index in [1.165, 1.54) is 30.1 Å². The van der Waals surface area contributed by atoms with Crippen LogP contribution in [0.5, 0.6) is 17.2 Å². The highest BCUT2D eigenvalue weighted by molar-refractivity contribution is 5.89. The zero-order valence-electron chi connectivity index (χ0n) is 23.1. The summed E-state index contributed by atoms with van der Waals surface area (Å²) in [5, 5.41) is 16.7. The molecule has 0 spiro atoms. The number of rotatable bonds is 9. The van der Waals surface area contributed by atoms with Crippen LogP contribution in [0.3, 0.4) is 0 Å². The molecule has 0 amide bonds. The minimum Gasteiger partial charge on any atom is -0.496 e. The number of nitro benzene ring substituents is 1. The zero-order chi connectivity index (χ0) is 29.9. The highest BCUT2D eigenvalue weighted by Crippen LogP contribution is 2.34. The van der Waals surface area contributed by atoms with Crippen molar-refractivity contribution in [2.45, 2.75) is 6.61 Å². The number of ether oxygens (including phenoxy) is 3. The van der Waals surface area contributed by atoms with Crippen LogP contribution in [0.1, 0.15) is 11.1 Å². The van der Waals surface area contributed by atoms with Gasteiger partial charge in [0, 0.05) is 17.7 Å². The number of hydrogen-bond acceptors (Lipinski definition) is 9. The van der Waals surface area contributed by atoms with Gasteiger partial charge in [0.15, 0.2) is 17.3 Å². The Morgan fingerprint density at radius 3 is 2.44 bits per heavy atom. The van der Waals surface area contributed by atoms with Gasteiger partial charge in [-0.25, -0.2) is 4.98 Å². The smallest absolute Gasteiger partial charge is 0.282 e. The van der Waals surface area contributed by atoms with Gasteiger partial charge in [-0.15, -0.1) is 0 Å². The summed E-state index contributed by atoms with van der Waals surface area (Å²) in [7, 11) is 3.09. The summed E-state index contributed by atoms with van der Waals surface area (Å²) in [5.41, 5.74) is 1.91. The van der Waals surface area contributed by atoms with E-state index in [0.717, 1.165) is 10.9 Å². The molecule has 6 aromatic rings. The van der Waals surface area contributed by atoms with E-state index in [4.69, 9.17) is 23.6 Å². The normalized spacial score (nSPS) is 11.3. The zero-order valence-corrected chi connectivity index (χ0v) is 23.1. The Morgan fingerprint density at radius 2 is 1.67 bits per heavy atom. The minimum atomic E-state index is -0.459. The first-order valence-corrected chi connectivity index (χ1v) is 13.1. The molecule has 2 heterocycles. The Kier molecular flexibility index (Phi) is 7.27. The molecule has 214 valence electrons. The molecule has 0 fully saturated rings. The Bertz CT molecular complexity index is 2060. The molecule has 0 unspecified atom stereocenters. The van der Waals surface area contributed by atoms with Gasteiger partial charge < -0.3 is 18.6 Å². The molecule has 0 aliphatic carbocycles. The summed E-state index contributed by atoms with van der Waals surface area (Å²) in [6, 6.07) is 25.6. The predicted octanol–water partition coefficient (Wildman–Crippen LogP) is 6.20. The molecule has 0 N–H and O–H groups in total. The summed E-state index contributed by atoms with van der Waals surface area (Å²) in [4.78, 5) is 29.0. The first-order valence-electron chi connectivity index (χ1n) is 13.1. The highest BCUT2D eigenvalue weighted by Gasteiger charge is 2.18. The molecule has 0 saturated heterocycles. The lowest BCUT2D eigenvalue weighted by Crippen LogP contribution is -2.20. The lowest BCUT2D eigenvalue weighted by Gasteiger charge is -2.13. The van der Waals surface area contributed by atoms with E-state index >= 15 is 0 Å². The van der Waals surface area contributed by atoms with Crippen LogP contribution >= 0.6 is 0 Å². The summed E-state index contributed by atoms with van der Waals surface area (Å²) in [5.74, 6) is 1.98. The van der Waals surface area contributed by atoms with Crippen LogP contribution in [0.2, 0.25) is 0 Å². The minimum absolute atomic E-state index is 0.0120. The summed E-state index contributed by atoms with van der Waals surface area (Å²) < 4.78 is 24.4. The fourth-order valence-electron chi connectivity index (χ4n) is 4.65. The number of fused-ring (bicyclic) bond motifs is 2. The van der Waals surface area contributed by atoms with E-state index in [0.29, 0.717) is 45.1 Å². The monoisotopic (exact) mass is 576 g/mol. The van der Waals surface area contributed by atoms with Crippen LogP contribution in [0, 0.1) is 10.1 Å². The van der Waals surface area contributed by atoms with Crippen molar-refractivity contribution < 1.29 is 23.6 Å². The molecule has 2 aromatic heterocycles. The molecule has 43 heavy (non-hydrogen) atoms. The second kappa shape index (κ2) is 11.5. The van der Waals surface area contributed by atoms with Crippen molar-refractivity contribution in [1.29, 1.82) is 0 Å². The molecular formula is C32H24N4O7. The molecule has 6 rings (SSSR count). The third kappa shape index (κ3) is 5.26. The third-order valence-electron chi connectivity index (χ3n) is 6.79. The molecule has 0 aliphatic rings. The van der Waals surface area contributed by atoms with E-state index in [-0.39, 0.29) is 23.7 Å². The first-order chi connectivity index (χ1) is 21.0. The van der Waals surface area contributed by atoms with E-state index in [1.54, 1.807) is 73.8 Å². The number of benzene rings is 4. The van der Waals surface area contributed by atoms with Crippen molar-refractivity contribution >= 4 is 33.8 Å². The molecule has 4 aromatic carbocycles. The second-order valence-corrected chi connectivity index (χ2v) is 9.39. The molecular weight excluding hydrogens is 552 g/mol. The van der Waals surface area contributed by atoms with Crippen molar-refractivity contribution in [2.75, 3.05) is 14.2 Å². The van der Waals surface area contributed by atoms with Crippen molar-refractivity contribution in [1.82, 2.24) is 9.66 Å². The van der Waals surface area contributed by atoms with Gasteiger partial charge in [0.1, 0.15) is 17.9 Å².